The van der Waals surface area contributed by atoms with Gasteiger partial charge in [-0.2, -0.15) is 13.2 Å². The van der Waals surface area contributed by atoms with Crippen molar-refractivity contribution in [3.8, 4) is 5.75 Å². The van der Waals surface area contributed by atoms with E-state index in [1.54, 1.807) is 32.0 Å². The van der Waals surface area contributed by atoms with Gasteiger partial charge in [0.25, 0.3) is 0 Å². The van der Waals surface area contributed by atoms with Crippen LogP contribution >= 0.6 is 0 Å². The molecule has 0 saturated heterocycles. The van der Waals surface area contributed by atoms with Crippen LogP contribution in [0.15, 0.2) is 47.3 Å². The molecule has 6 nitrogen and oxygen atoms in total. The van der Waals surface area contributed by atoms with Crippen LogP contribution in [0, 0.1) is 0 Å². The van der Waals surface area contributed by atoms with Gasteiger partial charge < -0.3 is 10.1 Å². The first-order valence-corrected chi connectivity index (χ1v) is 10.9. The van der Waals surface area contributed by atoms with Crippen LogP contribution in [0.3, 0.4) is 0 Å². The van der Waals surface area contributed by atoms with Crippen LogP contribution in [0.5, 0.6) is 5.75 Å². The van der Waals surface area contributed by atoms with Crippen molar-refractivity contribution in [3.05, 3.63) is 63.8 Å². The third-order valence-corrected chi connectivity index (χ3v) is 6.42. The summed E-state index contributed by atoms with van der Waals surface area (Å²) in [5.74, 6) is 0.626. The number of alkyl halides is 3. The summed E-state index contributed by atoms with van der Waals surface area (Å²) < 4.78 is 59.1. The van der Waals surface area contributed by atoms with E-state index in [2.05, 4.69) is 10.4 Å². The maximum atomic E-state index is 13.3. The fourth-order valence-electron chi connectivity index (χ4n) is 3.30. The van der Waals surface area contributed by atoms with E-state index in [4.69, 9.17) is 4.74 Å². The normalized spacial score (nSPS) is 13.7. The molecule has 0 aliphatic heterocycles. The number of nitrogens with zero attached hydrogens (tertiary/aromatic N) is 2. The highest BCUT2D eigenvalue weighted by atomic mass is 32.2. The van der Waals surface area contributed by atoms with Gasteiger partial charge in [0.1, 0.15) is 16.6 Å². The molecule has 2 aromatic carbocycles. The quantitative estimate of drug-likeness (QED) is 0.577. The van der Waals surface area contributed by atoms with Gasteiger partial charge in [-0.3, -0.25) is 9.00 Å². The topological polar surface area (TPSA) is 73.2 Å². The third-order valence-electron chi connectivity index (χ3n) is 4.89. The Labute approximate surface area is 179 Å². The highest BCUT2D eigenvalue weighted by Gasteiger charge is 2.32. The summed E-state index contributed by atoms with van der Waals surface area (Å²) in [5, 5.41) is 6.74. The van der Waals surface area contributed by atoms with Crippen molar-refractivity contribution >= 4 is 27.5 Å². The largest absolute Gasteiger partial charge is 0.494 e. The molecule has 0 spiro atoms. The molecule has 3 aromatic rings. The van der Waals surface area contributed by atoms with Gasteiger partial charge in [0.05, 0.1) is 18.1 Å². The third kappa shape index (κ3) is 4.58. The maximum absolute atomic E-state index is 13.3. The standard InChI is InChI=1S/C21H22F3N3O3S/c1-4-31(29)13(2)27-18-15(9-7-11-17(18)30-3)19(28)20(26-27)25-12-14-8-5-6-10-16(14)21(22,23)24/h5-11,13H,4,12H2,1-3H3,(H,25,26). The van der Waals surface area contributed by atoms with Crippen molar-refractivity contribution in [1.82, 2.24) is 9.78 Å². The molecule has 1 heterocycles. The number of methoxy groups -OCH3 is 1. The summed E-state index contributed by atoms with van der Waals surface area (Å²) in [7, 11) is 0.157. The van der Waals surface area contributed by atoms with E-state index in [1.165, 1.54) is 30.0 Å². The summed E-state index contributed by atoms with van der Waals surface area (Å²) in [6, 6.07) is 10.0. The molecule has 2 atom stereocenters. The number of ether oxygens (including phenoxy) is 1. The van der Waals surface area contributed by atoms with Gasteiger partial charge in [-0.15, -0.1) is 5.10 Å². The fourth-order valence-corrected chi connectivity index (χ4v) is 4.16. The van der Waals surface area contributed by atoms with Crippen molar-refractivity contribution in [1.29, 1.82) is 0 Å². The van der Waals surface area contributed by atoms with Gasteiger partial charge in [0, 0.05) is 23.1 Å². The molecule has 0 saturated carbocycles. The van der Waals surface area contributed by atoms with E-state index in [9.17, 15) is 22.2 Å². The molecule has 1 N–H and O–H groups in total. The molecule has 0 aliphatic carbocycles. The molecular weight excluding hydrogens is 431 g/mol. The highest BCUT2D eigenvalue weighted by molar-refractivity contribution is 7.84. The molecule has 31 heavy (non-hydrogen) atoms. The lowest BCUT2D eigenvalue weighted by atomic mass is 10.1. The first-order chi connectivity index (χ1) is 14.7. The van der Waals surface area contributed by atoms with Crippen LogP contribution in [-0.4, -0.2) is 26.9 Å². The summed E-state index contributed by atoms with van der Waals surface area (Å²) in [6.45, 7) is 3.21. The minimum Gasteiger partial charge on any atom is -0.494 e. The Kier molecular flexibility index (Phi) is 6.68. The van der Waals surface area contributed by atoms with Crippen LogP contribution in [0.25, 0.3) is 10.9 Å². The van der Waals surface area contributed by atoms with Gasteiger partial charge in [-0.25, -0.2) is 4.68 Å². The number of nitrogens with one attached hydrogen (secondary N) is 1. The van der Waals surface area contributed by atoms with Crippen LogP contribution in [0.2, 0.25) is 0 Å². The lowest BCUT2D eigenvalue weighted by Gasteiger charge is -2.20. The van der Waals surface area contributed by atoms with Crippen molar-refractivity contribution < 1.29 is 22.1 Å². The SMILES string of the molecule is CCS(=O)C(C)n1nc(NCc2ccccc2C(F)(F)F)c(=O)c2cccc(OC)c21. The summed E-state index contributed by atoms with van der Waals surface area (Å²) in [4.78, 5) is 13.0. The summed E-state index contributed by atoms with van der Waals surface area (Å²) >= 11 is 0. The predicted molar refractivity (Wildman–Crippen MR) is 115 cm³/mol. The van der Waals surface area contributed by atoms with E-state index >= 15 is 0 Å². The maximum Gasteiger partial charge on any atom is 0.416 e. The second-order valence-electron chi connectivity index (χ2n) is 6.76. The Morgan fingerprint density at radius 2 is 1.90 bits per heavy atom. The molecule has 10 heteroatoms. The lowest BCUT2D eigenvalue weighted by Crippen LogP contribution is -2.24. The molecule has 0 radical (unpaired) electrons. The summed E-state index contributed by atoms with van der Waals surface area (Å²) in [6.07, 6.45) is -4.52. The van der Waals surface area contributed by atoms with Gasteiger partial charge in [0.2, 0.25) is 5.43 Å². The molecule has 1 aromatic heterocycles. The molecular formula is C21H22F3N3O3S. The number of aromatic nitrogens is 2. The highest BCUT2D eigenvalue weighted by Crippen LogP contribution is 2.32. The monoisotopic (exact) mass is 453 g/mol. The molecule has 0 aliphatic rings. The number of para-hydroxylation sites is 1. The Morgan fingerprint density at radius 1 is 1.19 bits per heavy atom. The zero-order valence-corrected chi connectivity index (χ0v) is 18.0. The zero-order chi connectivity index (χ0) is 22.8. The average Bonchev–Trinajstić information content (AvgIpc) is 2.76. The molecule has 0 fully saturated rings. The Morgan fingerprint density at radius 3 is 2.55 bits per heavy atom. The van der Waals surface area contributed by atoms with E-state index in [-0.39, 0.29) is 23.3 Å². The fraction of sp³-hybridized carbons (Fsp3) is 0.333. The van der Waals surface area contributed by atoms with E-state index in [1.807, 2.05) is 0 Å². The zero-order valence-electron chi connectivity index (χ0n) is 17.2. The number of anilines is 1. The van der Waals surface area contributed by atoms with E-state index < -0.39 is 33.3 Å². The van der Waals surface area contributed by atoms with Gasteiger partial charge >= 0.3 is 6.18 Å². The Bertz CT molecular complexity index is 1180. The van der Waals surface area contributed by atoms with E-state index in [0.29, 0.717) is 17.0 Å². The second kappa shape index (κ2) is 9.09. The average molecular weight is 453 g/mol. The molecule has 0 bridgehead atoms. The first-order valence-electron chi connectivity index (χ1n) is 9.54. The van der Waals surface area contributed by atoms with Crippen molar-refractivity contribution in [2.75, 3.05) is 18.2 Å². The van der Waals surface area contributed by atoms with Crippen LogP contribution in [0.4, 0.5) is 19.0 Å². The van der Waals surface area contributed by atoms with Crippen molar-refractivity contribution in [2.24, 2.45) is 0 Å². The number of hydrogen-bond acceptors (Lipinski definition) is 5. The minimum absolute atomic E-state index is 0.0151. The van der Waals surface area contributed by atoms with E-state index in [0.717, 1.165) is 6.07 Å². The van der Waals surface area contributed by atoms with Crippen molar-refractivity contribution in [2.45, 2.75) is 31.9 Å². The lowest BCUT2D eigenvalue weighted by molar-refractivity contribution is -0.138. The number of fused-ring (bicyclic) bond motifs is 1. The Hall–Kier alpha value is -2.88. The van der Waals surface area contributed by atoms with Crippen LogP contribution < -0.4 is 15.5 Å². The molecule has 2 unspecified atom stereocenters. The number of rotatable bonds is 7. The van der Waals surface area contributed by atoms with Gasteiger partial charge in [-0.1, -0.05) is 31.2 Å². The molecule has 166 valence electrons. The second-order valence-corrected chi connectivity index (χ2v) is 8.78. The van der Waals surface area contributed by atoms with Gasteiger partial charge in [-0.05, 0) is 30.7 Å². The number of hydrogen-bond donors (Lipinski definition) is 1. The van der Waals surface area contributed by atoms with Gasteiger partial charge in [0.15, 0.2) is 5.82 Å². The van der Waals surface area contributed by atoms with Crippen LogP contribution in [0.1, 0.15) is 30.3 Å². The minimum atomic E-state index is -4.52. The molecule has 0 amide bonds. The molecule has 3 rings (SSSR count). The number of benzene rings is 2. The number of halogens is 3. The van der Waals surface area contributed by atoms with Crippen molar-refractivity contribution in [3.63, 3.8) is 0 Å². The Balaban J connectivity index is 2.12. The predicted octanol–water partition coefficient (Wildman–Crippen LogP) is 4.32. The van der Waals surface area contributed by atoms with Crippen LogP contribution in [-0.2, 0) is 23.5 Å². The smallest absolute Gasteiger partial charge is 0.416 e. The first kappa shape index (κ1) is 22.8. The summed E-state index contributed by atoms with van der Waals surface area (Å²) in [5.41, 5.74) is -0.904.